The van der Waals surface area contributed by atoms with Gasteiger partial charge in [0.1, 0.15) is 5.60 Å². The van der Waals surface area contributed by atoms with Crippen molar-refractivity contribution in [1.29, 1.82) is 0 Å². The maximum absolute atomic E-state index is 11.9. The standard InChI is InChI=1S/C13H23NO4/c1-13(2,3)18-12(17)14(4)10-6-5-9(7-10)8-11(15)16/h9-10H,5-8H2,1-4H3,(H,15,16). The second kappa shape index (κ2) is 5.59. The van der Waals surface area contributed by atoms with Crippen molar-refractivity contribution in [2.45, 2.75) is 58.1 Å². The fourth-order valence-corrected chi connectivity index (χ4v) is 2.32. The first-order chi connectivity index (χ1) is 8.19. The van der Waals surface area contributed by atoms with Crippen LogP contribution in [0.15, 0.2) is 0 Å². The van der Waals surface area contributed by atoms with Crippen molar-refractivity contribution in [3.63, 3.8) is 0 Å². The maximum Gasteiger partial charge on any atom is 0.410 e. The van der Waals surface area contributed by atoms with E-state index < -0.39 is 11.6 Å². The zero-order chi connectivity index (χ0) is 13.9. The average Bonchev–Trinajstić information content (AvgIpc) is 2.61. The molecule has 5 heteroatoms. The Morgan fingerprint density at radius 3 is 2.44 bits per heavy atom. The summed E-state index contributed by atoms with van der Waals surface area (Å²) in [4.78, 5) is 24.1. The van der Waals surface area contributed by atoms with Crippen LogP contribution in [0.4, 0.5) is 4.79 Å². The molecule has 2 unspecified atom stereocenters. The van der Waals surface area contributed by atoms with Crippen molar-refractivity contribution >= 4 is 12.1 Å². The van der Waals surface area contributed by atoms with Crippen molar-refractivity contribution in [3.8, 4) is 0 Å². The van der Waals surface area contributed by atoms with Gasteiger partial charge in [0.25, 0.3) is 0 Å². The number of aliphatic carboxylic acids is 1. The molecule has 0 saturated heterocycles. The molecule has 0 bridgehead atoms. The highest BCUT2D eigenvalue weighted by atomic mass is 16.6. The van der Waals surface area contributed by atoms with Gasteiger partial charge in [0.15, 0.2) is 0 Å². The molecule has 5 nitrogen and oxygen atoms in total. The Labute approximate surface area is 108 Å². The van der Waals surface area contributed by atoms with Gasteiger partial charge in [-0.05, 0) is 46.0 Å². The van der Waals surface area contributed by atoms with E-state index >= 15 is 0 Å². The lowest BCUT2D eigenvalue weighted by atomic mass is 10.0. The average molecular weight is 257 g/mol. The topological polar surface area (TPSA) is 66.8 Å². The van der Waals surface area contributed by atoms with E-state index in [1.54, 1.807) is 11.9 Å². The number of nitrogens with zero attached hydrogens (tertiary/aromatic N) is 1. The molecule has 1 rings (SSSR count). The number of carbonyl (C=O) groups is 2. The highest BCUT2D eigenvalue weighted by molar-refractivity contribution is 5.68. The van der Waals surface area contributed by atoms with Gasteiger partial charge in [-0.15, -0.1) is 0 Å². The Kier molecular flexibility index (Phi) is 4.59. The number of hydrogen-bond donors (Lipinski definition) is 1. The molecule has 1 aliphatic rings. The molecule has 1 aliphatic carbocycles. The molecule has 0 aromatic heterocycles. The Balaban J connectivity index is 2.46. The van der Waals surface area contributed by atoms with Crippen molar-refractivity contribution in [3.05, 3.63) is 0 Å². The Bertz CT molecular complexity index is 321. The predicted octanol–water partition coefficient (Wildman–Crippen LogP) is 2.50. The third-order valence-electron chi connectivity index (χ3n) is 3.21. The molecule has 0 radical (unpaired) electrons. The van der Waals surface area contributed by atoms with Crippen LogP contribution >= 0.6 is 0 Å². The summed E-state index contributed by atoms with van der Waals surface area (Å²) in [7, 11) is 1.72. The normalized spacial score (nSPS) is 23.8. The number of rotatable bonds is 3. The van der Waals surface area contributed by atoms with Crippen LogP contribution in [0.25, 0.3) is 0 Å². The lowest BCUT2D eigenvalue weighted by molar-refractivity contribution is -0.138. The molecule has 0 heterocycles. The van der Waals surface area contributed by atoms with E-state index in [-0.39, 0.29) is 24.5 Å². The molecule has 0 spiro atoms. The van der Waals surface area contributed by atoms with Gasteiger partial charge >= 0.3 is 12.1 Å². The van der Waals surface area contributed by atoms with Crippen molar-refractivity contribution < 1.29 is 19.4 Å². The van der Waals surface area contributed by atoms with Crippen LogP contribution in [0.1, 0.15) is 46.5 Å². The summed E-state index contributed by atoms with van der Waals surface area (Å²) in [6.45, 7) is 5.50. The van der Waals surface area contributed by atoms with E-state index in [4.69, 9.17) is 9.84 Å². The SMILES string of the molecule is CN(C(=O)OC(C)(C)C)C1CCC(CC(=O)O)C1. The number of hydrogen-bond acceptors (Lipinski definition) is 3. The summed E-state index contributed by atoms with van der Waals surface area (Å²) in [6, 6.07) is 0.101. The smallest absolute Gasteiger partial charge is 0.410 e. The van der Waals surface area contributed by atoms with Crippen molar-refractivity contribution in [1.82, 2.24) is 4.90 Å². The van der Waals surface area contributed by atoms with E-state index in [9.17, 15) is 9.59 Å². The number of carboxylic acids is 1. The second-order valence-electron chi connectivity index (χ2n) is 6.02. The Hall–Kier alpha value is -1.26. The van der Waals surface area contributed by atoms with Crippen molar-refractivity contribution in [2.75, 3.05) is 7.05 Å². The van der Waals surface area contributed by atoms with Gasteiger partial charge in [0, 0.05) is 19.5 Å². The number of carboxylic acid groups (broad SMARTS) is 1. The summed E-state index contributed by atoms with van der Waals surface area (Å²) in [5.74, 6) is -0.585. The van der Waals surface area contributed by atoms with Gasteiger partial charge in [0.2, 0.25) is 0 Å². The summed E-state index contributed by atoms with van der Waals surface area (Å²) >= 11 is 0. The van der Waals surface area contributed by atoms with Crippen LogP contribution in [-0.4, -0.2) is 40.8 Å². The molecule has 1 saturated carbocycles. The molecule has 1 N–H and O–H groups in total. The minimum atomic E-state index is -0.763. The Morgan fingerprint density at radius 2 is 1.94 bits per heavy atom. The first-order valence-electron chi connectivity index (χ1n) is 6.36. The molecule has 0 aliphatic heterocycles. The molecule has 104 valence electrons. The highest BCUT2D eigenvalue weighted by Gasteiger charge is 2.32. The van der Waals surface area contributed by atoms with E-state index in [0.29, 0.717) is 0 Å². The fourth-order valence-electron chi connectivity index (χ4n) is 2.32. The first-order valence-corrected chi connectivity index (χ1v) is 6.36. The highest BCUT2D eigenvalue weighted by Crippen LogP contribution is 2.31. The van der Waals surface area contributed by atoms with E-state index in [2.05, 4.69) is 0 Å². The number of amides is 1. The number of carbonyl (C=O) groups excluding carboxylic acids is 1. The third kappa shape index (κ3) is 4.55. The Morgan fingerprint density at radius 1 is 1.33 bits per heavy atom. The molecule has 1 amide bonds. The monoisotopic (exact) mass is 257 g/mol. The first kappa shape index (κ1) is 14.8. The van der Waals surface area contributed by atoms with Gasteiger partial charge < -0.3 is 14.7 Å². The van der Waals surface area contributed by atoms with Gasteiger partial charge in [0.05, 0.1) is 0 Å². The van der Waals surface area contributed by atoms with Crippen molar-refractivity contribution in [2.24, 2.45) is 5.92 Å². The predicted molar refractivity (Wildman–Crippen MR) is 67.4 cm³/mol. The van der Waals surface area contributed by atoms with Crippen LogP contribution in [0.2, 0.25) is 0 Å². The van der Waals surface area contributed by atoms with E-state index in [0.717, 1.165) is 19.3 Å². The minimum absolute atomic E-state index is 0.101. The van der Waals surface area contributed by atoms with Crippen LogP contribution in [0.3, 0.4) is 0 Å². The summed E-state index contributed by atoms with van der Waals surface area (Å²) in [5.41, 5.74) is -0.496. The summed E-state index contributed by atoms with van der Waals surface area (Å²) in [6.07, 6.45) is 2.34. The minimum Gasteiger partial charge on any atom is -0.481 e. The summed E-state index contributed by atoms with van der Waals surface area (Å²) in [5, 5.41) is 8.76. The van der Waals surface area contributed by atoms with Gasteiger partial charge in [-0.3, -0.25) is 4.79 Å². The van der Waals surface area contributed by atoms with Crippen LogP contribution < -0.4 is 0 Å². The van der Waals surface area contributed by atoms with Gasteiger partial charge in [-0.25, -0.2) is 4.79 Å². The maximum atomic E-state index is 11.9. The molecular formula is C13H23NO4. The molecule has 0 aromatic rings. The lowest BCUT2D eigenvalue weighted by Gasteiger charge is -2.28. The zero-order valence-electron chi connectivity index (χ0n) is 11.6. The van der Waals surface area contributed by atoms with Crippen LogP contribution in [0.5, 0.6) is 0 Å². The van der Waals surface area contributed by atoms with E-state index in [1.807, 2.05) is 20.8 Å². The third-order valence-corrected chi connectivity index (χ3v) is 3.21. The largest absolute Gasteiger partial charge is 0.481 e. The van der Waals surface area contributed by atoms with Gasteiger partial charge in [-0.2, -0.15) is 0 Å². The summed E-state index contributed by atoms with van der Waals surface area (Å²) < 4.78 is 5.30. The second-order valence-corrected chi connectivity index (χ2v) is 6.02. The zero-order valence-corrected chi connectivity index (χ0v) is 11.6. The molecule has 18 heavy (non-hydrogen) atoms. The number of ether oxygens (including phenoxy) is 1. The molecule has 2 atom stereocenters. The fraction of sp³-hybridized carbons (Fsp3) is 0.846. The van der Waals surface area contributed by atoms with Crippen LogP contribution in [0, 0.1) is 5.92 Å². The lowest BCUT2D eigenvalue weighted by Crippen LogP contribution is -2.39. The molecule has 0 aromatic carbocycles. The molecular weight excluding hydrogens is 234 g/mol. The van der Waals surface area contributed by atoms with E-state index in [1.165, 1.54) is 0 Å². The van der Waals surface area contributed by atoms with Crippen LogP contribution in [-0.2, 0) is 9.53 Å². The quantitative estimate of drug-likeness (QED) is 0.843. The van der Waals surface area contributed by atoms with Gasteiger partial charge in [-0.1, -0.05) is 0 Å². The molecule has 1 fully saturated rings.